The maximum atomic E-state index is 5.85. The number of hydrogen-bond acceptors (Lipinski definition) is 5. The Morgan fingerprint density at radius 3 is 2.40 bits per heavy atom. The fourth-order valence-corrected chi connectivity index (χ4v) is 2.61. The average Bonchev–Trinajstić information content (AvgIpc) is 2.48. The topological polar surface area (TPSA) is 58.3 Å². The number of hydrogen-bond donors (Lipinski definition) is 1. The van der Waals surface area contributed by atoms with Crippen molar-refractivity contribution in [3.8, 4) is 0 Å². The molecular formula is C15H19N5. The lowest BCUT2D eigenvalue weighted by atomic mass is 10.2. The van der Waals surface area contributed by atoms with Crippen molar-refractivity contribution in [2.45, 2.75) is 6.92 Å². The number of nitrogens with zero attached hydrogens (tertiary/aromatic N) is 4. The SMILES string of the molecule is Cc1nccnc1N1CCN(c2cccc(N)c2)CC1. The van der Waals surface area contributed by atoms with Crippen LogP contribution in [-0.2, 0) is 0 Å². The molecule has 5 heteroatoms. The van der Waals surface area contributed by atoms with Crippen LogP contribution in [0.15, 0.2) is 36.7 Å². The van der Waals surface area contributed by atoms with Gasteiger partial charge in [-0.1, -0.05) is 6.07 Å². The second kappa shape index (κ2) is 5.36. The zero-order valence-corrected chi connectivity index (χ0v) is 11.7. The lowest BCUT2D eigenvalue weighted by molar-refractivity contribution is 0.644. The summed E-state index contributed by atoms with van der Waals surface area (Å²) in [5.74, 6) is 1.000. The molecule has 1 fully saturated rings. The molecule has 3 rings (SSSR count). The number of rotatable bonds is 2. The molecule has 1 saturated heterocycles. The average molecular weight is 269 g/mol. The van der Waals surface area contributed by atoms with Crippen molar-refractivity contribution in [1.82, 2.24) is 9.97 Å². The zero-order chi connectivity index (χ0) is 13.9. The first-order valence-electron chi connectivity index (χ1n) is 6.87. The third-order valence-corrected chi connectivity index (χ3v) is 3.67. The van der Waals surface area contributed by atoms with Crippen LogP contribution >= 0.6 is 0 Å². The van der Waals surface area contributed by atoms with E-state index >= 15 is 0 Å². The number of anilines is 3. The van der Waals surface area contributed by atoms with E-state index in [-0.39, 0.29) is 0 Å². The molecule has 20 heavy (non-hydrogen) atoms. The van der Waals surface area contributed by atoms with E-state index in [1.807, 2.05) is 25.1 Å². The van der Waals surface area contributed by atoms with Crippen LogP contribution in [0, 0.1) is 6.92 Å². The van der Waals surface area contributed by atoms with Crippen LogP contribution in [-0.4, -0.2) is 36.1 Å². The van der Waals surface area contributed by atoms with E-state index in [1.165, 1.54) is 5.69 Å². The van der Waals surface area contributed by atoms with Gasteiger partial charge in [-0.2, -0.15) is 0 Å². The van der Waals surface area contributed by atoms with Crippen LogP contribution in [0.5, 0.6) is 0 Å². The molecule has 1 aromatic heterocycles. The highest BCUT2D eigenvalue weighted by Gasteiger charge is 2.19. The molecule has 2 heterocycles. The van der Waals surface area contributed by atoms with Gasteiger partial charge < -0.3 is 15.5 Å². The number of piperazine rings is 1. The predicted molar refractivity (Wildman–Crippen MR) is 82.0 cm³/mol. The Bertz CT molecular complexity index is 590. The van der Waals surface area contributed by atoms with Crippen molar-refractivity contribution in [1.29, 1.82) is 0 Å². The summed E-state index contributed by atoms with van der Waals surface area (Å²) in [4.78, 5) is 13.4. The summed E-state index contributed by atoms with van der Waals surface area (Å²) in [6.45, 7) is 5.86. The molecule has 2 N–H and O–H groups in total. The Hall–Kier alpha value is -2.30. The lowest BCUT2D eigenvalue weighted by Crippen LogP contribution is -2.47. The van der Waals surface area contributed by atoms with Crippen LogP contribution in [0.25, 0.3) is 0 Å². The summed E-state index contributed by atoms with van der Waals surface area (Å²) in [6, 6.07) is 8.06. The zero-order valence-electron chi connectivity index (χ0n) is 11.7. The standard InChI is InChI=1S/C15H19N5/c1-12-15(18-6-5-17-12)20-9-7-19(8-10-20)14-4-2-3-13(16)11-14/h2-6,11H,7-10,16H2,1H3. The normalized spacial score (nSPS) is 15.4. The van der Waals surface area contributed by atoms with Gasteiger partial charge in [-0.25, -0.2) is 4.98 Å². The minimum Gasteiger partial charge on any atom is -0.399 e. The molecule has 2 aromatic rings. The molecule has 0 atom stereocenters. The Kier molecular flexibility index (Phi) is 3.41. The number of nitrogens with two attached hydrogens (primary N) is 1. The van der Waals surface area contributed by atoms with Gasteiger partial charge in [-0.05, 0) is 25.1 Å². The van der Waals surface area contributed by atoms with E-state index in [0.717, 1.165) is 43.4 Å². The highest BCUT2D eigenvalue weighted by Crippen LogP contribution is 2.21. The van der Waals surface area contributed by atoms with Gasteiger partial charge in [-0.15, -0.1) is 0 Å². The summed E-state index contributed by atoms with van der Waals surface area (Å²) in [7, 11) is 0. The molecule has 0 amide bonds. The van der Waals surface area contributed by atoms with Gasteiger partial charge in [0.1, 0.15) is 5.82 Å². The van der Waals surface area contributed by atoms with Crippen molar-refractivity contribution >= 4 is 17.2 Å². The second-order valence-electron chi connectivity index (χ2n) is 5.03. The summed E-state index contributed by atoms with van der Waals surface area (Å²) in [6.07, 6.45) is 3.49. The summed E-state index contributed by atoms with van der Waals surface area (Å²) >= 11 is 0. The molecule has 5 nitrogen and oxygen atoms in total. The van der Waals surface area contributed by atoms with Crippen LogP contribution < -0.4 is 15.5 Å². The van der Waals surface area contributed by atoms with E-state index in [2.05, 4.69) is 25.8 Å². The second-order valence-corrected chi connectivity index (χ2v) is 5.03. The highest BCUT2D eigenvalue weighted by atomic mass is 15.3. The molecule has 0 aliphatic carbocycles. The lowest BCUT2D eigenvalue weighted by Gasteiger charge is -2.37. The largest absolute Gasteiger partial charge is 0.399 e. The monoisotopic (exact) mass is 269 g/mol. The van der Waals surface area contributed by atoms with Crippen molar-refractivity contribution < 1.29 is 0 Å². The van der Waals surface area contributed by atoms with E-state index in [9.17, 15) is 0 Å². The quantitative estimate of drug-likeness (QED) is 0.841. The minimum atomic E-state index is 0.815. The molecule has 1 aromatic carbocycles. The Balaban J connectivity index is 1.70. The first-order chi connectivity index (χ1) is 9.74. The van der Waals surface area contributed by atoms with Gasteiger partial charge in [0.15, 0.2) is 0 Å². The van der Waals surface area contributed by atoms with E-state index in [0.29, 0.717) is 0 Å². The van der Waals surface area contributed by atoms with Gasteiger partial charge in [0.2, 0.25) is 0 Å². The maximum absolute atomic E-state index is 5.85. The van der Waals surface area contributed by atoms with Crippen LogP contribution in [0.4, 0.5) is 17.2 Å². The molecular weight excluding hydrogens is 250 g/mol. The molecule has 0 saturated carbocycles. The van der Waals surface area contributed by atoms with Gasteiger partial charge >= 0.3 is 0 Å². The summed E-state index contributed by atoms with van der Waals surface area (Å²) in [5, 5.41) is 0. The first kappa shape index (κ1) is 12.7. The fraction of sp³-hybridized carbons (Fsp3) is 0.333. The molecule has 0 unspecified atom stereocenters. The van der Waals surface area contributed by atoms with Gasteiger partial charge in [0, 0.05) is 49.9 Å². The maximum Gasteiger partial charge on any atom is 0.150 e. The molecule has 0 radical (unpaired) electrons. The van der Waals surface area contributed by atoms with E-state index < -0.39 is 0 Å². The highest BCUT2D eigenvalue weighted by molar-refractivity contribution is 5.57. The van der Waals surface area contributed by atoms with Crippen molar-refractivity contribution in [2.75, 3.05) is 41.7 Å². The third kappa shape index (κ3) is 2.52. The van der Waals surface area contributed by atoms with Crippen molar-refractivity contribution in [3.05, 3.63) is 42.4 Å². The smallest absolute Gasteiger partial charge is 0.150 e. The number of nitrogen functional groups attached to an aromatic ring is 1. The van der Waals surface area contributed by atoms with Crippen molar-refractivity contribution in [2.24, 2.45) is 0 Å². The minimum absolute atomic E-state index is 0.815. The predicted octanol–water partition coefficient (Wildman–Crippen LogP) is 1.69. The Morgan fingerprint density at radius 2 is 1.70 bits per heavy atom. The number of aryl methyl sites for hydroxylation is 1. The van der Waals surface area contributed by atoms with Gasteiger partial charge in [0.25, 0.3) is 0 Å². The molecule has 1 aliphatic rings. The van der Waals surface area contributed by atoms with Crippen LogP contribution in [0.1, 0.15) is 5.69 Å². The summed E-state index contributed by atoms with van der Waals surface area (Å²) in [5.41, 5.74) is 8.85. The van der Waals surface area contributed by atoms with Gasteiger partial charge in [0.05, 0.1) is 5.69 Å². The first-order valence-corrected chi connectivity index (χ1v) is 6.87. The van der Waals surface area contributed by atoms with Crippen LogP contribution in [0.2, 0.25) is 0 Å². The molecule has 0 spiro atoms. The third-order valence-electron chi connectivity index (χ3n) is 3.67. The van der Waals surface area contributed by atoms with Gasteiger partial charge in [-0.3, -0.25) is 4.98 Å². The van der Waals surface area contributed by atoms with E-state index in [1.54, 1.807) is 12.4 Å². The molecule has 0 bridgehead atoms. The fourth-order valence-electron chi connectivity index (χ4n) is 2.61. The molecule has 1 aliphatic heterocycles. The van der Waals surface area contributed by atoms with Crippen LogP contribution in [0.3, 0.4) is 0 Å². The summed E-state index contributed by atoms with van der Waals surface area (Å²) < 4.78 is 0. The Labute approximate surface area is 119 Å². The molecule has 104 valence electrons. The van der Waals surface area contributed by atoms with E-state index in [4.69, 9.17) is 5.73 Å². The number of aromatic nitrogens is 2. The van der Waals surface area contributed by atoms with Crippen molar-refractivity contribution in [3.63, 3.8) is 0 Å². The number of benzene rings is 1. The Morgan fingerprint density at radius 1 is 1.00 bits per heavy atom.